The number of hydrogen-bond donors (Lipinski definition) is 1. The Bertz CT molecular complexity index is 915. The molecule has 136 valence electrons. The van der Waals surface area contributed by atoms with Crippen molar-refractivity contribution >= 4 is 16.8 Å². The van der Waals surface area contributed by atoms with Crippen molar-refractivity contribution in [1.82, 2.24) is 9.88 Å². The molecule has 0 unspecified atom stereocenters. The zero-order valence-corrected chi connectivity index (χ0v) is 15.4. The molecule has 0 saturated carbocycles. The monoisotopic (exact) mass is 352 g/mol. The van der Waals surface area contributed by atoms with Crippen LogP contribution in [0.15, 0.2) is 48.7 Å². The fourth-order valence-corrected chi connectivity index (χ4v) is 3.14. The van der Waals surface area contributed by atoms with Gasteiger partial charge in [-0.3, -0.25) is 4.79 Å². The van der Waals surface area contributed by atoms with E-state index in [-0.39, 0.29) is 5.91 Å². The third-order valence-electron chi connectivity index (χ3n) is 4.52. The molecule has 5 nitrogen and oxygen atoms in total. The number of nitrogens with one attached hydrogen (secondary N) is 1. The van der Waals surface area contributed by atoms with E-state index in [9.17, 15) is 4.79 Å². The third-order valence-corrected chi connectivity index (χ3v) is 4.52. The Morgan fingerprint density at radius 1 is 1.08 bits per heavy atom. The van der Waals surface area contributed by atoms with Crippen LogP contribution in [-0.4, -0.2) is 31.2 Å². The van der Waals surface area contributed by atoms with Gasteiger partial charge in [0.2, 0.25) is 0 Å². The van der Waals surface area contributed by atoms with Crippen molar-refractivity contribution < 1.29 is 14.3 Å². The molecule has 3 aromatic rings. The lowest BCUT2D eigenvalue weighted by molar-refractivity contribution is 0.0955. The van der Waals surface area contributed by atoms with Crippen LogP contribution in [0.5, 0.6) is 11.5 Å². The lowest BCUT2D eigenvalue weighted by Gasteiger charge is -2.10. The summed E-state index contributed by atoms with van der Waals surface area (Å²) in [6, 6.07) is 13.8. The van der Waals surface area contributed by atoms with Crippen molar-refractivity contribution in [3.63, 3.8) is 0 Å². The van der Waals surface area contributed by atoms with Crippen molar-refractivity contribution in [3.05, 3.63) is 59.8 Å². The van der Waals surface area contributed by atoms with E-state index in [2.05, 4.69) is 16.8 Å². The predicted molar refractivity (Wildman–Crippen MR) is 103 cm³/mol. The number of aryl methyl sites for hydroxylation is 1. The van der Waals surface area contributed by atoms with E-state index in [1.165, 1.54) is 0 Å². The number of benzene rings is 2. The molecule has 0 fully saturated rings. The van der Waals surface area contributed by atoms with Gasteiger partial charge in [-0.2, -0.15) is 0 Å². The van der Waals surface area contributed by atoms with E-state index >= 15 is 0 Å². The molecule has 0 aliphatic carbocycles. The zero-order valence-electron chi connectivity index (χ0n) is 15.4. The molecule has 0 aliphatic rings. The number of methoxy groups -OCH3 is 2. The quantitative estimate of drug-likeness (QED) is 0.706. The highest BCUT2D eigenvalue weighted by Crippen LogP contribution is 2.27. The summed E-state index contributed by atoms with van der Waals surface area (Å²) in [4.78, 5) is 12.6. The van der Waals surface area contributed by atoms with Gasteiger partial charge in [-0.05, 0) is 37.1 Å². The van der Waals surface area contributed by atoms with Gasteiger partial charge in [0.05, 0.1) is 19.8 Å². The van der Waals surface area contributed by atoms with Gasteiger partial charge in [0.15, 0.2) is 11.5 Å². The van der Waals surface area contributed by atoms with E-state index < -0.39 is 0 Å². The molecule has 0 bridgehead atoms. The van der Waals surface area contributed by atoms with Crippen LogP contribution >= 0.6 is 0 Å². The number of hydrogen-bond acceptors (Lipinski definition) is 3. The second-order valence-electron chi connectivity index (χ2n) is 6.04. The molecule has 26 heavy (non-hydrogen) atoms. The van der Waals surface area contributed by atoms with Crippen molar-refractivity contribution in [2.24, 2.45) is 0 Å². The molecule has 0 spiro atoms. The Morgan fingerprint density at radius 3 is 2.58 bits per heavy atom. The molecule has 0 saturated heterocycles. The third kappa shape index (κ3) is 3.52. The molecule has 0 aliphatic heterocycles. The van der Waals surface area contributed by atoms with E-state index in [4.69, 9.17) is 9.47 Å². The van der Waals surface area contributed by atoms with Gasteiger partial charge in [0.1, 0.15) is 0 Å². The summed E-state index contributed by atoms with van der Waals surface area (Å²) in [7, 11) is 3.23. The van der Waals surface area contributed by atoms with E-state index in [0.29, 0.717) is 18.0 Å². The SMILES string of the molecule is CCn1cc(C(=O)NCCc2ccc(OC)c(OC)c2)c2ccccc21. The van der Waals surface area contributed by atoms with Crippen molar-refractivity contribution in [1.29, 1.82) is 0 Å². The normalized spacial score (nSPS) is 10.7. The second kappa shape index (κ2) is 7.95. The molecule has 1 heterocycles. The fourth-order valence-electron chi connectivity index (χ4n) is 3.14. The van der Waals surface area contributed by atoms with Gasteiger partial charge in [-0.25, -0.2) is 0 Å². The van der Waals surface area contributed by atoms with Crippen molar-refractivity contribution in [3.8, 4) is 11.5 Å². The lowest BCUT2D eigenvalue weighted by Crippen LogP contribution is -2.25. The van der Waals surface area contributed by atoms with Crippen LogP contribution in [0.2, 0.25) is 0 Å². The average Bonchev–Trinajstić information content (AvgIpc) is 3.06. The summed E-state index contributed by atoms with van der Waals surface area (Å²) in [6.45, 7) is 3.46. The first-order valence-corrected chi connectivity index (χ1v) is 8.75. The first kappa shape index (κ1) is 17.9. The molecule has 3 rings (SSSR count). The highest BCUT2D eigenvalue weighted by Gasteiger charge is 2.14. The van der Waals surface area contributed by atoms with E-state index in [1.54, 1.807) is 14.2 Å². The standard InChI is InChI=1S/C21H24N2O3/c1-4-23-14-17(16-7-5-6-8-18(16)23)21(24)22-12-11-15-9-10-19(25-2)20(13-15)26-3/h5-10,13-14H,4,11-12H2,1-3H3,(H,22,24). The number of nitrogens with zero attached hydrogens (tertiary/aromatic N) is 1. The second-order valence-corrected chi connectivity index (χ2v) is 6.04. The molecule has 0 atom stereocenters. The molecule has 1 aromatic heterocycles. The van der Waals surface area contributed by atoms with Gasteiger partial charge in [0, 0.05) is 30.2 Å². The number of rotatable bonds is 7. The molecule has 0 radical (unpaired) electrons. The van der Waals surface area contributed by atoms with Crippen LogP contribution < -0.4 is 14.8 Å². The summed E-state index contributed by atoms with van der Waals surface area (Å²) < 4.78 is 12.7. The zero-order chi connectivity index (χ0) is 18.5. The molecule has 1 N–H and O–H groups in total. The first-order chi connectivity index (χ1) is 12.7. The van der Waals surface area contributed by atoms with E-state index in [0.717, 1.165) is 35.0 Å². The summed E-state index contributed by atoms with van der Waals surface area (Å²) in [5.41, 5.74) is 2.88. The number of para-hydroxylation sites is 1. The number of ether oxygens (including phenoxy) is 2. The predicted octanol–water partition coefficient (Wildman–Crippen LogP) is 3.65. The Kier molecular flexibility index (Phi) is 5.46. The summed E-state index contributed by atoms with van der Waals surface area (Å²) in [5.74, 6) is 1.35. The molecular formula is C21H24N2O3. The minimum absolute atomic E-state index is 0.0473. The van der Waals surface area contributed by atoms with Gasteiger partial charge in [-0.15, -0.1) is 0 Å². The Balaban J connectivity index is 1.68. The highest BCUT2D eigenvalue weighted by molar-refractivity contribution is 6.07. The number of amides is 1. The lowest BCUT2D eigenvalue weighted by atomic mass is 10.1. The number of carbonyl (C=O) groups excluding carboxylic acids is 1. The van der Waals surface area contributed by atoms with Gasteiger partial charge < -0.3 is 19.4 Å². The summed E-state index contributed by atoms with van der Waals surface area (Å²) in [5, 5.41) is 4.00. The summed E-state index contributed by atoms with van der Waals surface area (Å²) >= 11 is 0. The van der Waals surface area contributed by atoms with Crippen LogP contribution in [0.25, 0.3) is 10.9 Å². The minimum Gasteiger partial charge on any atom is -0.493 e. The topological polar surface area (TPSA) is 52.5 Å². The maximum atomic E-state index is 12.6. The highest BCUT2D eigenvalue weighted by atomic mass is 16.5. The first-order valence-electron chi connectivity index (χ1n) is 8.75. The largest absolute Gasteiger partial charge is 0.493 e. The van der Waals surface area contributed by atoms with Gasteiger partial charge in [-0.1, -0.05) is 24.3 Å². The summed E-state index contributed by atoms with van der Waals surface area (Å²) in [6.07, 6.45) is 2.65. The molecular weight excluding hydrogens is 328 g/mol. The fraction of sp³-hybridized carbons (Fsp3) is 0.286. The molecule has 5 heteroatoms. The van der Waals surface area contributed by atoms with Crippen molar-refractivity contribution in [2.45, 2.75) is 19.9 Å². The van der Waals surface area contributed by atoms with E-state index in [1.807, 2.05) is 48.7 Å². The Hall–Kier alpha value is -2.95. The van der Waals surface area contributed by atoms with Crippen LogP contribution in [0.4, 0.5) is 0 Å². The number of fused-ring (bicyclic) bond motifs is 1. The minimum atomic E-state index is -0.0473. The van der Waals surface area contributed by atoms with Crippen LogP contribution in [0.1, 0.15) is 22.8 Å². The van der Waals surface area contributed by atoms with Crippen LogP contribution in [0, 0.1) is 0 Å². The number of aromatic nitrogens is 1. The molecule has 1 amide bonds. The average molecular weight is 352 g/mol. The maximum Gasteiger partial charge on any atom is 0.253 e. The number of carbonyl (C=O) groups is 1. The smallest absolute Gasteiger partial charge is 0.253 e. The van der Waals surface area contributed by atoms with Gasteiger partial charge in [0.25, 0.3) is 5.91 Å². The Morgan fingerprint density at radius 2 is 1.85 bits per heavy atom. The Labute approximate surface area is 153 Å². The molecule has 2 aromatic carbocycles. The van der Waals surface area contributed by atoms with Crippen LogP contribution in [0.3, 0.4) is 0 Å². The van der Waals surface area contributed by atoms with Gasteiger partial charge >= 0.3 is 0 Å². The maximum absolute atomic E-state index is 12.6. The van der Waals surface area contributed by atoms with Crippen molar-refractivity contribution in [2.75, 3.05) is 20.8 Å². The van der Waals surface area contributed by atoms with Crippen LogP contribution in [-0.2, 0) is 13.0 Å².